The molecule has 0 bridgehead atoms. The number of ketones is 1. The van der Waals surface area contributed by atoms with Crippen LogP contribution >= 0.6 is 0 Å². The number of nitrogens with zero attached hydrogens (tertiary/aromatic N) is 3. The second kappa shape index (κ2) is 4.96. The van der Waals surface area contributed by atoms with E-state index in [1.165, 1.54) is 0 Å². The Morgan fingerprint density at radius 3 is 2.82 bits per heavy atom. The molecule has 1 heterocycles. The summed E-state index contributed by atoms with van der Waals surface area (Å²) in [6, 6.07) is 0. The summed E-state index contributed by atoms with van der Waals surface area (Å²) in [5.74, 6) is 0.135. The molecule has 0 aliphatic heterocycles. The molecule has 17 heavy (non-hydrogen) atoms. The van der Waals surface area contributed by atoms with Gasteiger partial charge in [0.1, 0.15) is 5.69 Å². The number of carbonyl (C=O) groups is 1. The van der Waals surface area contributed by atoms with Crippen LogP contribution in [0.4, 0.5) is 0 Å². The second-order valence-corrected chi connectivity index (χ2v) is 4.86. The van der Waals surface area contributed by atoms with E-state index >= 15 is 0 Å². The summed E-state index contributed by atoms with van der Waals surface area (Å²) in [7, 11) is 0. The zero-order valence-electron chi connectivity index (χ0n) is 10.4. The lowest BCUT2D eigenvalue weighted by atomic mass is 9.80. The summed E-state index contributed by atoms with van der Waals surface area (Å²) in [6.07, 6.45) is 6.52. The first kappa shape index (κ1) is 12.2. The molecule has 1 fully saturated rings. The monoisotopic (exact) mass is 236 g/mol. The van der Waals surface area contributed by atoms with Gasteiger partial charge in [0.15, 0.2) is 5.78 Å². The Morgan fingerprint density at radius 1 is 1.53 bits per heavy atom. The van der Waals surface area contributed by atoms with Crippen LogP contribution in [-0.2, 0) is 6.54 Å². The minimum atomic E-state index is -0.354. The van der Waals surface area contributed by atoms with E-state index in [0.29, 0.717) is 12.2 Å². The summed E-state index contributed by atoms with van der Waals surface area (Å²) >= 11 is 0. The van der Waals surface area contributed by atoms with Gasteiger partial charge in [-0.3, -0.25) is 4.79 Å². The Morgan fingerprint density at radius 2 is 2.24 bits per heavy atom. The zero-order chi connectivity index (χ0) is 12.3. The number of hydrogen-bond acceptors (Lipinski definition) is 4. The fraction of sp³-hybridized carbons (Fsp3) is 0.750. The van der Waals surface area contributed by atoms with Crippen LogP contribution in [0.2, 0.25) is 0 Å². The highest BCUT2D eigenvalue weighted by atomic mass is 16.1. The number of Topliss-reactive ketones (excluding diaryl/α,β-unsaturated/α-hetero) is 1. The second-order valence-electron chi connectivity index (χ2n) is 4.86. The third kappa shape index (κ3) is 2.11. The Kier molecular flexibility index (Phi) is 3.57. The van der Waals surface area contributed by atoms with Crippen molar-refractivity contribution in [1.82, 2.24) is 15.0 Å². The molecule has 1 aliphatic rings. The van der Waals surface area contributed by atoms with Gasteiger partial charge in [-0.1, -0.05) is 25.0 Å². The fourth-order valence-electron chi connectivity index (χ4n) is 2.66. The van der Waals surface area contributed by atoms with Crippen LogP contribution in [0.1, 0.15) is 49.5 Å². The van der Waals surface area contributed by atoms with Crippen molar-refractivity contribution in [2.24, 2.45) is 11.1 Å². The lowest BCUT2D eigenvalue weighted by molar-refractivity contribution is 0.0797. The molecule has 5 heteroatoms. The highest BCUT2D eigenvalue weighted by molar-refractivity contribution is 5.99. The molecule has 0 spiro atoms. The highest BCUT2D eigenvalue weighted by Gasteiger charge is 2.41. The first-order chi connectivity index (χ1) is 8.23. The number of rotatable bonds is 5. The van der Waals surface area contributed by atoms with E-state index in [1.807, 2.05) is 0 Å². The predicted octanol–water partition coefficient (Wildman–Crippen LogP) is 1.39. The van der Waals surface area contributed by atoms with Crippen molar-refractivity contribution in [2.45, 2.75) is 45.6 Å². The number of aromatic nitrogens is 3. The van der Waals surface area contributed by atoms with Crippen molar-refractivity contribution in [1.29, 1.82) is 0 Å². The molecule has 0 radical (unpaired) electrons. The molecule has 94 valence electrons. The molecular formula is C12H20N4O. The number of aryl methyl sites for hydroxylation is 1. The van der Waals surface area contributed by atoms with Crippen LogP contribution in [0.5, 0.6) is 0 Å². The van der Waals surface area contributed by atoms with Gasteiger partial charge in [0, 0.05) is 18.5 Å². The molecule has 0 unspecified atom stereocenters. The van der Waals surface area contributed by atoms with Gasteiger partial charge in [-0.15, -0.1) is 5.10 Å². The minimum Gasteiger partial charge on any atom is -0.329 e. The molecule has 1 aromatic heterocycles. The summed E-state index contributed by atoms with van der Waals surface area (Å²) in [6.45, 7) is 3.23. The average molecular weight is 236 g/mol. The van der Waals surface area contributed by atoms with Crippen LogP contribution in [0, 0.1) is 5.41 Å². The van der Waals surface area contributed by atoms with E-state index in [4.69, 9.17) is 5.73 Å². The molecule has 1 aromatic rings. The smallest absolute Gasteiger partial charge is 0.189 e. The molecule has 1 saturated carbocycles. The number of hydrogen-bond donors (Lipinski definition) is 1. The highest BCUT2D eigenvalue weighted by Crippen LogP contribution is 2.39. The Bertz CT molecular complexity index is 393. The maximum atomic E-state index is 12.6. The van der Waals surface area contributed by atoms with Gasteiger partial charge in [-0.2, -0.15) is 0 Å². The normalized spacial score (nSPS) is 18.5. The van der Waals surface area contributed by atoms with Gasteiger partial charge in [0.2, 0.25) is 0 Å². The summed E-state index contributed by atoms with van der Waals surface area (Å²) < 4.78 is 1.71. The first-order valence-electron chi connectivity index (χ1n) is 6.37. The van der Waals surface area contributed by atoms with Crippen LogP contribution in [-0.4, -0.2) is 27.3 Å². The van der Waals surface area contributed by atoms with E-state index in [2.05, 4.69) is 17.2 Å². The van der Waals surface area contributed by atoms with Crippen molar-refractivity contribution in [3.8, 4) is 0 Å². The minimum absolute atomic E-state index is 0.135. The molecule has 0 aromatic carbocycles. The molecule has 2 rings (SSSR count). The molecule has 2 N–H and O–H groups in total. The van der Waals surface area contributed by atoms with Gasteiger partial charge in [-0.25, -0.2) is 4.68 Å². The van der Waals surface area contributed by atoms with Crippen molar-refractivity contribution < 1.29 is 4.79 Å². The standard InChI is InChI=1S/C12H20N4O/c1-2-7-16-10(8-14-15-16)11(17)12(9-13)5-3-4-6-12/h8H,2-7,9,13H2,1H3. The van der Waals surface area contributed by atoms with E-state index < -0.39 is 0 Å². The van der Waals surface area contributed by atoms with Crippen LogP contribution in [0.15, 0.2) is 6.20 Å². The lowest BCUT2D eigenvalue weighted by Crippen LogP contribution is -2.37. The number of nitrogens with two attached hydrogens (primary N) is 1. The largest absolute Gasteiger partial charge is 0.329 e. The Labute approximate surface area is 101 Å². The van der Waals surface area contributed by atoms with Crippen LogP contribution < -0.4 is 5.73 Å². The van der Waals surface area contributed by atoms with E-state index in [-0.39, 0.29) is 11.2 Å². The molecule has 0 atom stereocenters. The molecule has 1 aliphatic carbocycles. The quantitative estimate of drug-likeness (QED) is 0.784. The summed E-state index contributed by atoms with van der Waals surface area (Å²) in [5, 5.41) is 7.82. The third-order valence-electron chi connectivity index (χ3n) is 3.72. The summed E-state index contributed by atoms with van der Waals surface area (Å²) in [5.41, 5.74) is 6.10. The molecule has 0 amide bonds. The Balaban J connectivity index is 2.26. The van der Waals surface area contributed by atoms with Crippen molar-refractivity contribution >= 4 is 5.78 Å². The zero-order valence-corrected chi connectivity index (χ0v) is 10.4. The van der Waals surface area contributed by atoms with E-state index in [1.54, 1.807) is 10.9 Å². The van der Waals surface area contributed by atoms with Gasteiger partial charge in [0.25, 0.3) is 0 Å². The van der Waals surface area contributed by atoms with Crippen molar-refractivity contribution in [2.75, 3.05) is 6.54 Å². The summed E-state index contributed by atoms with van der Waals surface area (Å²) in [4.78, 5) is 12.6. The van der Waals surface area contributed by atoms with Crippen LogP contribution in [0.25, 0.3) is 0 Å². The van der Waals surface area contributed by atoms with Gasteiger partial charge >= 0.3 is 0 Å². The van der Waals surface area contributed by atoms with Crippen molar-refractivity contribution in [3.05, 3.63) is 11.9 Å². The van der Waals surface area contributed by atoms with Crippen molar-refractivity contribution in [3.63, 3.8) is 0 Å². The average Bonchev–Trinajstić information content (AvgIpc) is 2.97. The molecule has 0 saturated heterocycles. The topological polar surface area (TPSA) is 73.8 Å². The van der Waals surface area contributed by atoms with Gasteiger partial charge in [0.05, 0.1) is 6.20 Å². The number of carbonyl (C=O) groups excluding carboxylic acids is 1. The van der Waals surface area contributed by atoms with Gasteiger partial charge in [-0.05, 0) is 19.3 Å². The van der Waals surface area contributed by atoms with Crippen LogP contribution in [0.3, 0.4) is 0 Å². The van der Waals surface area contributed by atoms with E-state index in [9.17, 15) is 4.79 Å². The Hall–Kier alpha value is -1.23. The molecular weight excluding hydrogens is 216 g/mol. The van der Waals surface area contributed by atoms with Gasteiger partial charge < -0.3 is 5.73 Å². The predicted molar refractivity (Wildman–Crippen MR) is 64.6 cm³/mol. The maximum Gasteiger partial charge on any atom is 0.189 e. The molecule has 5 nitrogen and oxygen atoms in total. The maximum absolute atomic E-state index is 12.6. The van der Waals surface area contributed by atoms with E-state index in [0.717, 1.165) is 38.6 Å². The SMILES string of the molecule is CCCn1nncc1C(=O)C1(CN)CCCC1. The fourth-order valence-corrected chi connectivity index (χ4v) is 2.66. The lowest BCUT2D eigenvalue weighted by Gasteiger charge is -2.25. The third-order valence-corrected chi connectivity index (χ3v) is 3.72. The first-order valence-corrected chi connectivity index (χ1v) is 6.37.